The molecule has 0 aliphatic carbocycles. The van der Waals surface area contributed by atoms with Gasteiger partial charge in [-0.15, -0.1) is 0 Å². The van der Waals surface area contributed by atoms with E-state index in [-0.39, 0.29) is 0 Å². The molecule has 0 aromatic heterocycles. The zero-order valence-electron chi connectivity index (χ0n) is 10.9. The molecule has 1 aliphatic heterocycles. The minimum absolute atomic E-state index is 0.592. The molecule has 2 rings (SSSR count). The van der Waals surface area contributed by atoms with Crippen molar-refractivity contribution < 1.29 is 0 Å². The van der Waals surface area contributed by atoms with Crippen LogP contribution in [0.25, 0.3) is 0 Å². The zero-order chi connectivity index (χ0) is 11.7. The van der Waals surface area contributed by atoms with Crippen molar-refractivity contribution in [2.45, 2.75) is 52.6 Å². The molecule has 1 nitrogen and oxygen atoms in total. The van der Waals surface area contributed by atoms with Crippen molar-refractivity contribution in [3.05, 3.63) is 29.8 Å². The molecular weight excluding hydrogens is 194 g/mol. The van der Waals surface area contributed by atoms with E-state index >= 15 is 0 Å². The lowest BCUT2D eigenvalue weighted by Crippen LogP contribution is -2.46. The third-order valence-corrected chi connectivity index (χ3v) is 3.66. The van der Waals surface area contributed by atoms with Crippen molar-refractivity contribution in [3.8, 4) is 0 Å². The van der Waals surface area contributed by atoms with Crippen molar-refractivity contribution in [2.75, 3.05) is 4.90 Å². The molecule has 0 unspecified atom stereocenters. The molecule has 0 saturated heterocycles. The molecule has 16 heavy (non-hydrogen) atoms. The molecule has 0 radical (unpaired) electrons. The highest BCUT2D eigenvalue weighted by molar-refractivity contribution is 5.57. The molecule has 0 saturated carbocycles. The van der Waals surface area contributed by atoms with Crippen LogP contribution in [0, 0.1) is 5.92 Å². The molecule has 88 valence electrons. The van der Waals surface area contributed by atoms with E-state index in [1.54, 1.807) is 0 Å². The number of anilines is 1. The summed E-state index contributed by atoms with van der Waals surface area (Å²) in [5, 5.41) is 0. The summed E-state index contributed by atoms with van der Waals surface area (Å²) in [5.41, 5.74) is 2.98. The number of hydrogen-bond acceptors (Lipinski definition) is 1. The molecule has 1 aliphatic rings. The minimum atomic E-state index is 0.592. The van der Waals surface area contributed by atoms with Gasteiger partial charge in [0.05, 0.1) is 0 Å². The third-order valence-electron chi connectivity index (χ3n) is 3.66. The lowest BCUT2D eigenvalue weighted by atomic mass is 9.88. The van der Waals surface area contributed by atoms with Gasteiger partial charge in [-0.2, -0.15) is 0 Å². The van der Waals surface area contributed by atoms with Gasteiger partial charge >= 0.3 is 0 Å². The molecular formula is C15H23N. The van der Waals surface area contributed by atoms with Crippen LogP contribution in [0.2, 0.25) is 0 Å². The van der Waals surface area contributed by atoms with Gasteiger partial charge in [0, 0.05) is 17.8 Å². The molecule has 0 spiro atoms. The van der Waals surface area contributed by atoms with E-state index in [9.17, 15) is 0 Å². The van der Waals surface area contributed by atoms with Crippen LogP contribution in [0.1, 0.15) is 39.7 Å². The van der Waals surface area contributed by atoms with E-state index < -0.39 is 0 Å². The number of rotatable bonds is 2. The van der Waals surface area contributed by atoms with Crippen LogP contribution in [0.5, 0.6) is 0 Å². The molecule has 1 atom stereocenters. The lowest BCUT2D eigenvalue weighted by Gasteiger charge is -2.44. The van der Waals surface area contributed by atoms with Crippen molar-refractivity contribution in [1.29, 1.82) is 0 Å². The molecule has 1 heterocycles. The number of nitrogens with zero attached hydrogens (tertiary/aromatic N) is 1. The Kier molecular flexibility index (Phi) is 3.22. The van der Waals surface area contributed by atoms with Crippen LogP contribution < -0.4 is 4.90 Å². The number of benzene rings is 1. The Hall–Kier alpha value is -0.980. The van der Waals surface area contributed by atoms with Gasteiger partial charge in [0.1, 0.15) is 0 Å². The Bertz CT molecular complexity index is 354. The summed E-state index contributed by atoms with van der Waals surface area (Å²) in [6.07, 6.45) is 2.54. The second-order valence-electron chi connectivity index (χ2n) is 5.48. The van der Waals surface area contributed by atoms with Crippen molar-refractivity contribution in [2.24, 2.45) is 5.92 Å². The van der Waals surface area contributed by atoms with Gasteiger partial charge in [-0.1, -0.05) is 32.0 Å². The molecule has 1 aromatic carbocycles. The van der Waals surface area contributed by atoms with Gasteiger partial charge in [-0.3, -0.25) is 0 Å². The standard InChI is InChI=1S/C15H23N/c1-11(2)14-10-9-13-7-5-6-8-15(13)16(14)12(3)4/h5-8,11-12,14H,9-10H2,1-4H3/t14-/m0/s1. The fourth-order valence-corrected chi connectivity index (χ4v) is 2.91. The number of para-hydroxylation sites is 1. The van der Waals surface area contributed by atoms with E-state index in [0.717, 1.165) is 5.92 Å². The average molecular weight is 217 g/mol. The summed E-state index contributed by atoms with van der Waals surface area (Å²) >= 11 is 0. The number of hydrogen-bond donors (Lipinski definition) is 0. The maximum atomic E-state index is 2.61. The highest BCUT2D eigenvalue weighted by atomic mass is 15.2. The Morgan fingerprint density at radius 2 is 1.81 bits per heavy atom. The Morgan fingerprint density at radius 3 is 2.44 bits per heavy atom. The quantitative estimate of drug-likeness (QED) is 0.727. The molecule has 0 bridgehead atoms. The summed E-state index contributed by atoms with van der Waals surface area (Å²) in [5.74, 6) is 0.732. The van der Waals surface area contributed by atoms with Gasteiger partial charge in [0.2, 0.25) is 0 Å². The lowest BCUT2D eigenvalue weighted by molar-refractivity contribution is 0.394. The first-order valence-electron chi connectivity index (χ1n) is 6.47. The second-order valence-corrected chi connectivity index (χ2v) is 5.48. The predicted octanol–water partition coefficient (Wildman–Crippen LogP) is 3.87. The van der Waals surface area contributed by atoms with E-state index in [0.29, 0.717) is 12.1 Å². The first-order valence-corrected chi connectivity index (χ1v) is 6.47. The molecule has 1 heteroatoms. The van der Waals surface area contributed by atoms with E-state index in [4.69, 9.17) is 0 Å². The van der Waals surface area contributed by atoms with Gasteiger partial charge in [0.25, 0.3) is 0 Å². The Balaban J connectivity index is 2.39. The van der Waals surface area contributed by atoms with E-state index in [1.807, 2.05) is 0 Å². The molecule has 1 aromatic rings. The maximum absolute atomic E-state index is 2.61. The van der Waals surface area contributed by atoms with Crippen LogP contribution >= 0.6 is 0 Å². The van der Waals surface area contributed by atoms with Crippen LogP contribution in [0.3, 0.4) is 0 Å². The first-order chi connectivity index (χ1) is 7.61. The fraction of sp³-hybridized carbons (Fsp3) is 0.600. The number of fused-ring (bicyclic) bond motifs is 1. The van der Waals surface area contributed by atoms with E-state index in [1.165, 1.54) is 24.1 Å². The third kappa shape index (κ3) is 1.95. The summed E-state index contributed by atoms with van der Waals surface area (Å²) in [7, 11) is 0. The fourth-order valence-electron chi connectivity index (χ4n) is 2.91. The normalized spacial score (nSPS) is 20.4. The van der Waals surface area contributed by atoms with Crippen LogP contribution in [-0.4, -0.2) is 12.1 Å². The SMILES string of the molecule is CC(C)[C@@H]1CCc2ccccc2N1C(C)C. The van der Waals surface area contributed by atoms with Gasteiger partial charge in [0.15, 0.2) is 0 Å². The molecule has 0 amide bonds. The van der Waals surface area contributed by atoms with Crippen molar-refractivity contribution in [1.82, 2.24) is 0 Å². The van der Waals surface area contributed by atoms with E-state index in [2.05, 4.69) is 56.9 Å². The van der Waals surface area contributed by atoms with Gasteiger partial charge < -0.3 is 4.90 Å². The largest absolute Gasteiger partial charge is 0.366 e. The summed E-state index contributed by atoms with van der Waals surface area (Å²) in [6.45, 7) is 9.29. The van der Waals surface area contributed by atoms with Gasteiger partial charge in [-0.05, 0) is 44.2 Å². The minimum Gasteiger partial charge on any atom is -0.366 e. The topological polar surface area (TPSA) is 3.24 Å². The predicted molar refractivity (Wildman–Crippen MR) is 71.0 cm³/mol. The molecule has 0 fully saturated rings. The molecule has 0 N–H and O–H groups in total. The highest BCUT2D eigenvalue weighted by Gasteiger charge is 2.29. The van der Waals surface area contributed by atoms with Crippen molar-refractivity contribution >= 4 is 5.69 Å². The Morgan fingerprint density at radius 1 is 1.12 bits per heavy atom. The average Bonchev–Trinajstić information content (AvgIpc) is 2.27. The second kappa shape index (κ2) is 4.48. The smallest absolute Gasteiger partial charge is 0.0403 e. The van der Waals surface area contributed by atoms with Crippen molar-refractivity contribution in [3.63, 3.8) is 0 Å². The van der Waals surface area contributed by atoms with Crippen LogP contribution in [-0.2, 0) is 6.42 Å². The van der Waals surface area contributed by atoms with Crippen LogP contribution in [0.4, 0.5) is 5.69 Å². The van der Waals surface area contributed by atoms with Gasteiger partial charge in [-0.25, -0.2) is 0 Å². The van der Waals surface area contributed by atoms with Crippen LogP contribution in [0.15, 0.2) is 24.3 Å². The maximum Gasteiger partial charge on any atom is 0.0403 e. The number of aryl methyl sites for hydroxylation is 1. The summed E-state index contributed by atoms with van der Waals surface area (Å²) < 4.78 is 0. The zero-order valence-corrected chi connectivity index (χ0v) is 10.9. The highest BCUT2D eigenvalue weighted by Crippen LogP contribution is 2.34. The monoisotopic (exact) mass is 217 g/mol. The first kappa shape index (κ1) is 11.5. The summed E-state index contributed by atoms with van der Waals surface area (Å²) in [6, 6.07) is 10.2. The summed E-state index contributed by atoms with van der Waals surface area (Å²) in [4.78, 5) is 2.61. The Labute approximate surface area is 99.5 Å².